The smallest absolute Gasteiger partial charge is 0.347 e. The zero-order chi connectivity index (χ0) is 9.47. The van der Waals surface area contributed by atoms with Crippen LogP contribution in [0.1, 0.15) is 18.4 Å². The quantitative estimate of drug-likeness (QED) is 0.536. The first kappa shape index (κ1) is 7.73. The van der Waals surface area contributed by atoms with E-state index in [-0.39, 0.29) is 5.82 Å². The molecule has 0 bridgehead atoms. The van der Waals surface area contributed by atoms with Crippen molar-refractivity contribution in [2.45, 2.75) is 18.3 Å². The van der Waals surface area contributed by atoms with Crippen LogP contribution in [0.5, 0.6) is 0 Å². The van der Waals surface area contributed by atoms with Gasteiger partial charge in [-0.25, -0.2) is 0 Å². The summed E-state index contributed by atoms with van der Waals surface area (Å²) >= 11 is 0. The molecule has 1 aliphatic carbocycles. The summed E-state index contributed by atoms with van der Waals surface area (Å²) in [5, 5.41) is 25.2. The maximum absolute atomic E-state index is 10.5. The van der Waals surface area contributed by atoms with Gasteiger partial charge in [-0.3, -0.25) is 0 Å². The van der Waals surface area contributed by atoms with Gasteiger partial charge in [0.25, 0.3) is 0 Å². The van der Waals surface area contributed by atoms with E-state index in [1.165, 1.54) is 6.20 Å². The Morgan fingerprint density at radius 1 is 1.77 bits per heavy atom. The third-order valence-corrected chi connectivity index (χ3v) is 2.28. The molecule has 0 aromatic carbocycles. The Hall–Kier alpha value is -1.90. The lowest BCUT2D eigenvalue weighted by Gasteiger charge is -2.00. The van der Waals surface area contributed by atoms with Crippen molar-refractivity contribution in [1.29, 1.82) is 5.26 Å². The highest BCUT2D eigenvalue weighted by Crippen LogP contribution is 2.49. The molecule has 6 heteroatoms. The lowest BCUT2D eigenvalue weighted by molar-refractivity contribution is -0.390. The van der Waals surface area contributed by atoms with Gasteiger partial charge in [0, 0.05) is 0 Å². The SMILES string of the molecule is N#CC1(c2cn[nH]c2[N+](=O)[O-])CC1. The maximum Gasteiger partial charge on any atom is 0.347 e. The first-order chi connectivity index (χ1) is 6.19. The summed E-state index contributed by atoms with van der Waals surface area (Å²) in [6.07, 6.45) is 2.74. The van der Waals surface area contributed by atoms with Crippen LogP contribution in [0.15, 0.2) is 6.20 Å². The zero-order valence-corrected chi connectivity index (χ0v) is 6.65. The Labute approximate surface area is 73.3 Å². The average molecular weight is 178 g/mol. The molecule has 0 aliphatic heterocycles. The normalized spacial score (nSPS) is 17.8. The largest absolute Gasteiger partial charge is 0.358 e. The van der Waals surface area contributed by atoms with E-state index in [1.54, 1.807) is 0 Å². The number of nitriles is 1. The van der Waals surface area contributed by atoms with Gasteiger partial charge < -0.3 is 10.1 Å². The highest BCUT2D eigenvalue weighted by Gasteiger charge is 2.49. The topological polar surface area (TPSA) is 95.6 Å². The van der Waals surface area contributed by atoms with Crippen LogP contribution in [0.4, 0.5) is 5.82 Å². The van der Waals surface area contributed by atoms with Gasteiger partial charge in [0.2, 0.25) is 0 Å². The summed E-state index contributed by atoms with van der Waals surface area (Å²) < 4.78 is 0. The van der Waals surface area contributed by atoms with E-state index in [1.807, 2.05) is 0 Å². The Bertz CT molecular complexity index is 399. The first-order valence-corrected chi connectivity index (χ1v) is 3.79. The number of nitrogens with one attached hydrogen (secondary N) is 1. The van der Waals surface area contributed by atoms with Crippen molar-refractivity contribution >= 4 is 5.82 Å². The van der Waals surface area contributed by atoms with Crippen LogP contribution in [0.25, 0.3) is 0 Å². The van der Waals surface area contributed by atoms with Crippen molar-refractivity contribution in [3.05, 3.63) is 21.9 Å². The van der Waals surface area contributed by atoms with Crippen LogP contribution in [-0.4, -0.2) is 15.1 Å². The molecule has 1 aromatic heterocycles. The number of hydrogen-bond donors (Lipinski definition) is 1. The zero-order valence-electron chi connectivity index (χ0n) is 6.65. The molecule has 0 atom stereocenters. The second kappa shape index (κ2) is 2.29. The number of nitrogens with zero attached hydrogens (tertiary/aromatic N) is 3. The molecule has 1 aliphatic rings. The van der Waals surface area contributed by atoms with Crippen molar-refractivity contribution in [2.24, 2.45) is 0 Å². The van der Waals surface area contributed by atoms with E-state index < -0.39 is 10.3 Å². The van der Waals surface area contributed by atoms with E-state index in [2.05, 4.69) is 16.3 Å². The van der Waals surface area contributed by atoms with E-state index in [0.29, 0.717) is 18.4 Å². The predicted molar refractivity (Wildman–Crippen MR) is 41.8 cm³/mol. The Kier molecular flexibility index (Phi) is 1.36. The third-order valence-electron chi connectivity index (χ3n) is 2.28. The lowest BCUT2D eigenvalue weighted by Crippen LogP contribution is -2.04. The van der Waals surface area contributed by atoms with E-state index in [9.17, 15) is 10.1 Å². The molecule has 0 radical (unpaired) electrons. The van der Waals surface area contributed by atoms with E-state index in [4.69, 9.17) is 5.26 Å². The Morgan fingerprint density at radius 2 is 2.46 bits per heavy atom. The number of hydrogen-bond acceptors (Lipinski definition) is 4. The molecule has 0 spiro atoms. The van der Waals surface area contributed by atoms with Crippen LogP contribution in [0.3, 0.4) is 0 Å². The number of aromatic nitrogens is 2. The molecule has 0 unspecified atom stereocenters. The van der Waals surface area contributed by atoms with Gasteiger partial charge in [-0.1, -0.05) is 5.10 Å². The van der Waals surface area contributed by atoms with Gasteiger partial charge in [0.05, 0.1) is 23.2 Å². The van der Waals surface area contributed by atoms with Crippen LogP contribution in [0.2, 0.25) is 0 Å². The summed E-state index contributed by atoms with van der Waals surface area (Å²) in [5.74, 6) is -0.154. The van der Waals surface area contributed by atoms with Crippen LogP contribution < -0.4 is 0 Å². The van der Waals surface area contributed by atoms with Gasteiger partial charge in [-0.05, 0) is 17.8 Å². The lowest BCUT2D eigenvalue weighted by atomic mass is 10.0. The molecule has 1 fully saturated rings. The summed E-state index contributed by atoms with van der Waals surface area (Å²) in [7, 11) is 0. The number of aromatic amines is 1. The first-order valence-electron chi connectivity index (χ1n) is 3.79. The van der Waals surface area contributed by atoms with Gasteiger partial charge in [0.15, 0.2) is 0 Å². The Morgan fingerprint density at radius 3 is 2.92 bits per heavy atom. The fourth-order valence-corrected chi connectivity index (χ4v) is 1.34. The van der Waals surface area contributed by atoms with Crippen molar-refractivity contribution in [3.63, 3.8) is 0 Å². The van der Waals surface area contributed by atoms with Crippen molar-refractivity contribution in [2.75, 3.05) is 0 Å². The third kappa shape index (κ3) is 0.973. The van der Waals surface area contributed by atoms with Gasteiger partial charge in [-0.15, -0.1) is 5.10 Å². The highest BCUT2D eigenvalue weighted by molar-refractivity contribution is 5.46. The average Bonchev–Trinajstić information content (AvgIpc) is 2.74. The van der Waals surface area contributed by atoms with Crippen LogP contribution in [-0.2, 0) is 5.41 Å². The maximum atomic E-state index is 10.5. The van der Waals surface area contributed by atoms with Gasteiger partial charge in [0.1, 0.15) is 0 Å². The highest BCUT2D eigenvalue weighted by atomic mass is 16.6. The molecule has 1 saturated carbocycles. The number of rotatable bonds is 2. The second-order valence-corrected chi connectivity index (χ2v) is 3.08. The van der Waals surface area contributed by atoms with E-state index >= 15 is 0 Å². The minimum atomic E-state index is -0.643. The molecule has 6 nitrogen and oxygen atoms in total. The van der Waals surface area contributed by atoms with E-state index in [0.717, 1.165) is 0 Å². The van der Waals surface area contributed by atoms with Crippen LogP contribution >= 0.6 is 0 Å². The number of nitro groups is 1. The van der Waals surface area contributed by atoms with Gasteiger partial charge in [-0.2, -0.15) is 5.26 Å². The molecule has 1 N–H and O–H groups in total. The summed E-state index contributed by atoms with van der Waals surface area (Å²) in [6.45, 7) is 0. The molecular formula is C7H6N4O2. The molecule has 0 amide bonds. The minimum Gasteiger partial charge on any atom is -0.358 e. The fraction of sp³-hybridized carbons (Fsp3) is 0.429. The molecule has 66 valence electrons. The molecule has 1 aromatic rings. The van der Waals surface area contributed by atoms with Crippen LogP contribution in [0, 0.1) is 21.4 Å². The minimum absolute atomic E-state index is 0.154. The summed E-state index contributed by atoms with van der Waals surface area (Å²) in [5.41, 5.74) is -0.227. The second-order valence-electron chi connectivity index (χ2n) is 3.08. The molecule has 1 heterocycles. The van der Waals surface area contributed by atoms with Gasteiger partial charge >= 0.3 is 5.82 Å². The molecule has 2 rings (SSSR count). The molecular weight excluding hydrogens is 172 g/mol. The molecule has 0 saturated heterocycles. The Balaban J connectivity index is 2.48. The number of H-pyrrole nitrogens is 1. The monoisotopic (exact) mass is 178 g/mol. The van der Waals surface area contributed by atoms with Crippen molar-refractivity contribution < 1.29 is 4.92 Å². The van der Waals surface area contributed by atoms with Crippen molar-refractivity contribution in [3.8, 4) is 6.07 Å². The fourth-order valence-electron chi connectivity index (χ4n) is 1.34. The standard InChI is InChI=1S/C7H6N4O2/c8-4-7(1-2-7)5-3-9-10-6(5)11(12)13/h3H,1-2H2,(H,9,10). The van der Waals surface area contributed by atoms with Crippen molar-refractivity contribution in [1.82, 2.24) is 10.2 Å². The predicted octanol–water partition coefficient (Wildman–Crippen LogP) is 0.873. The molecule has 13 heavy (non-hydrogen) atoms. The summed E-state index contributed by atoms with van der Waals surface area (Å²) in [4.78, 5) is 9.96. The summed E-state index contributed by atoms with van der Waals surface area (Å²) in [6, 6.07) is 2.09.